The van der Waals surface area contributed by atoms with E-state index in [0.29, 0.717) is 46.7 Å². The summed E-state index contributed by atoms with van der Waals surface area (Å²) in [5.41, 5.74) is 0.822. The lowest BCUT2D eigenvalue weighted by Gasteiger charge is -2.28. The molecule has 1 amide bonds. The smallest absolute Gasteiger partial charge is 0.290 e. The summed E-state index contributed by atoms with van der Waals surface area (Å²) in [4.78, 5) is 31.8. The average molecular weight is 519 g/mol. The minimum atomic E-state index is -0.925. The van der Waals surface area contributed by atoms with Crippen LogP contribution >= 0.6 is 0 Å². The summed E-state index contributed by atoms with van der Waals surface area (Å²) >= 11 is 0. The number of aromatic nitrogens is 2. The van der Waals surface area contributed by atoms with Gasteiger partial charge in [-0.25, -0.2) is 4.57 Å². The predicted octanol–water partition coefficient (Wildman–Crippen LogP) is 3.74. The number of fused-ring (bicyclic) bond motifs is 1. The maximum atomic E-state index is 13.9. The summed E-state index contributed by atoms with van der Waals surface area (Å²) in [6.07, 6.45) is 6.08. The third kappa shape index (κ3) is 4.34. The fourth-order valence-corrected chi connectivity index (χ4v) is 4.82. The number of carbonyl (C=O) groups is 2. The highest BCUT2D eigenvalue weighted by molar-refractivity contribution is 6.16. The van der Waals surface area contributed by atoms with Gasteiger partial charge < -0.3 is 28.6 Å². The molecular weight excluding hydrogens is 490 g/mol. The van der Waals surface area contributed by atoms with Gasteiger partial charge in [0.25, 0.3) is 5.91 Å². The van der Waals surface area contributed by atoms with Crippen molar-refractivity contribution in [3.8, 4) is 17.2 Å². The van der Waals surface area contributed by atoms with Gasteiger partial charge in [-0.15, -0.1) is 0 Å². The van der Waals surface area contributed by atoms with E-state index in [1.54, 1.807) is 48.7 Å². The number of aliphatic hydroxyl groups excluding tert-OH is 1. The molecule has 0 saturated heterocycles. The number of rotatable bonds is 10. The van der Waals surface area contributed by atoms with Gasteiger partial charge in [0.1, 0.15) is 23.9 Å². The minimum absolute atomic E-state index is 0.0181. The lowest BCUT2D eigenvalue weighted by molar-refractivity contribution is -0.695. The van der Waals surface area contributed by atoms with Crippen LogP contribution in [0.3, 0.4) is 0 Å². The van der Waals surface area contributed by atoms with E-state index in [1.807, 2.05) is 17.1 Å². The van der Waals surface area contributed by atoms with Crippen molar-refractivity contribution in [2.24, 2.45) is 0 Å². The number of aliphatic hydroxyl groups is 1. The molecule has 0 radical (unpaired) electrons. The molecule has 0 fully saturated rings. The highest BCUT2D eigenvalue weighted by atomic mass is 16.5. The Morgan fingerprint density at radius 2 is 1.92 bits per heavy atom. The monoisotopic (exact) mass is 518 g/mol. The number of methoxy groups -OCH3 is 3. The molecule has 4 aromatic rings. The van der Waals surface area contributed by atoms with Crippen LogP contribution < -0.4 is 18.8 Å². The number of ether oxygens (including phenoxy) is 3. The molecule has 10 nitrogen and oxygen atoms in total. The molecule has 10 heteroatoms. The number of hydrogen-bond acceptors (Lipinski definition) is 7. The molecule has 2 aromatic heterocycles. The van der Waals surface area contributed by atoms with Gasteiger partial charge in [0, 0.05) is 23.9 Å². The van der Waals surface area contributed by atoms with Gasteiger partial charge >= 0.3 is 0 Å². The van der Waals surface area contributed by atoms with Crippen LogP contribution in [-0.4, -0.2) is 54.6 Å². The zero-order valence-electron chi connectivity index (χ0n) is 21.3. The Hall–Kier alpha value is -4.73. The number of H-pyrrole nitrogens is 1. The van der Waals surface area contributed by atoms with Gasteiger partial charge in [-0.05, 0) is 30.3 Å². The number of benzene rings is 2. The van der Waals surface area contributed by atoms with Crippen LogP contribution in [0.5, 0.6) is 17.2 Å². The van der Waals surface area contributed by atoms with Crippen LogP contribution in [0.15, 0.2) is 76.9 Å². The van der Waals surface area contributed by atoms with E-state index in [1.165, 1.54) is 26.2 Å². The standard InChI is InChI=1S/C28H27N3O7/c1-35-18-8-9-20(36-2)19(15-18)24-23(25(32)22-14-17-6-4-7-21(37-3)27(17)38-22)26(33)28(34)31(24)12-5-11-30-13-10-29-16-30/h4,6-10,13-16,24H,5,11-12H2,1-3H3,(H,32,33)/p+1. The third-order valence-corrected chi connectivity index (χ3v) is 6.65. The molecule has 0 spiro atoms. The highest BCUT2D eigenvalue weighted by Gasteiger charge is 2.45. The van der Waals surface area contributed by atoms with Crippen LogP contribution in [0.25, 0.3) is 11.0 Å². The number of aromatic amines is 1. The van der Waals surface area contributed by atoms with E-state index >= 15 is 0 Å². The third-order valence-electron chi connectivity index (χ3n) is 6.65. The lowest BCUT2D eigenvalue weighted by atomic mass is 9.94. The van der Waals surface area contributed by atoms with Crippen LogP contribution in [0.4, 0.5) is 0 Å². The first-order valence-electron chi connectivity index (χ1n) is 12.1. The number of nitrogens with one attached hydrogen (secondary N) is 1. The number of para-hydroxylation sites is 1. The van der Waals surface area contributed by atoms with Crippen molar-refractivity contribution in [1.29, 1.82) is 0 Å². The Morgan fingerprint density at radius 3 is 2.63 bits per heavy atom. The number of ketones is 1. The number of aryl methyl sites for hydroxylation is 1. The SMILES string of the molecule is COc1ccc(OC)c(C2C(C(=O)c3cc4cccc(OC)c4o3)=C(O)C(=O)N2CCC[n+]2cc[nH]c2)c1. The van der Waals surface area contributed by atoms with Crippen LogP contribution in [0, 0.1) is 0 Å². The van der Waals surface area contributed by atoms with Gasteiger partial charge in [0.05, 0.1) is 39.5 Å². The van der Waals surface area contributed by atoms with Gasteiger partial charge in [-0.3, -0.25) is 14.6 Å². The fraction of sp³-hybridized carbons (Fsp3) is 0.250. The van der Waals surface area contributed by atoms with Crippen molar-refractivity contribution in [1.82, 2.24) is 9.88 Å². The molecule has 38 heavy (non-hydrogen) atoms. The predicted molar refractivity (Wildman–Crippen MR) is 136 cm³/mol. The molecule has 196 valence electrons. The molecule has 1 aliphatic rings. The van der Waals surface area contributed by atoms with Crippen molar-refractivity contribution < 1.29 is 37.9 Å². The zero-order chi connectivity index (χ0) is 26.8. The van der Waals surface area contributed by atoms with Gasteiger partial charge in [0.15, 0.2) is 22.9 Å². The largest absolute Gasteiger partial charge is 0.503 e. The van der Waals surface area contributed by atoms with Crippen molar-refractivity contribution in [2.45, 2.75) is 19.0 Å². The normalized spacial score (nSPS) is 15.4. The number of nitrogens with zero attached hydrogens (tertiary/aromatic N) is 2. The number of imidazole rings is 1. The first-order valence-corrected chi connectivity index (χ1v) is 12.1. The Labute approximate surface area is 218 Å². The number of amides is 1. The molecule has 1 aliphatic heterocycles. The second-order valence-corrected chi connectivity index (χ2v) is 8.79. The van der Waals surface area contributed by atoms with Gasteiger partial charge in [0.2, 0.25) is 12.1 Å². The molecule has 0 bridgehead atoms. The van der Waals surface area contributed by atoms with Crippen molar-refractivity contribution in [2.75, 3.05) is 27.9 Å². The van der Waals surface area contributed by atoms with E-state index in [0.717, 1.165) is 0 Å². The summed E-state index contributed by atoms with van der Waals surface area (Å²) in [5.74, 6) is -0.454. The maximum absolute atomic E-state index is 13.9. The maximum Gasteiger partial charge on any atom is 0.290 e. The van der Waals surface area contributed by atoms with Crippen molar-refractivity contribution >= 4 is 22.7 Å². The number of Topliss-reactive ketones (excluding diaryl/α,β-unsaturated/α-hetero) is 1. The molecule has 3 heterocycles. The molecule has 1 atom stereocenters. The van der Waals surface area contributed by atoms with Crippen molar-refractivity contribution in [3.05, 3.63) is 83.8 Å². The minimum Gasteiger partial charge on any atom is -0.503 e. The molecular formula is C28H28N3O7+. The number of furan rings is 1. The fourth-order valence-electron chi connectivity index (χ4n) is 4.82. The van der Waals surface area contributed by atoms with Gasteiger partial charge in [-0.2, -0.15) is 0 Å². The highest BCUT2D eigenvalue weighted by Crippen LogP contribution is 2.44. The Bertz CT molecular complexity index is 1520. The van der Waals surface area contributed by atoms with Gasteiger partial charge in [-0.1, -0.05) is 12.1 Å². The molecule has 0 saturated carbocycles. The molecule has 2 aromatic carbocycles. The van der Waals surface area contributed by atoms with Crippen LogP contribution in [-0.2, 0) is 11.3 Å². The van der Waals surface area contributed by atoms with Crippen LogP contribution in [0.2, 0.25) is 0 Å². The molecule has 2 N–H and O–H groups in total. The average Bonchev–Trinajstić information content (AvgIpc) is 3.67. The second kappa shape index (κ2) is 10.3. The van der Waals surface area contributed by atoms with E-state index < -0.39 is 23.5 Å². The first kappa shape index (κ1) is 24.9. The first-order chi connectivity index (χ1) is 18.5. The quantitative estimate of drug-likeness (QED) is 0.243. The van der Waals surface area contributed by atoms with E-state index in [2.05, 4.69) is 4.98 Å². The second-order valence-electron chi connectivity index (χ2n) is 8.79. The number of carbonyl (C=O) groups excluding carboxylic acids is 2. The Kier molecular flexibility index (Phi) is 6.78. The van der Waals surface area contributed by atoms with E-state index in [9.17, 15) is 14.7 Å². The zero-order valence-corrected chi connectivity index (χ0v) is 21.3. The van der Waals surface area contributed by atoms with Crippen molar-refractivity contribution in [3.63, 3.8) is 0 Å². The summed E-state index contributed by atoms with van der Waals surface area (Å²) in [7, 11) is 4.54. The Balaban J connectivity index is 1.58. The molecule has 5 rings (SSSR count). The lowest BCUT2D eigenvalue weighted by Crippen LogP contribution is -2.36. The molecule has 0 aliphatic carbocycles. The van der Waals surface area contributed by atoms with E-state index in [4.69, 9.17) is 18.6 Å². The Morgan fingerprint density at radius 1 is 1.11 bits per heavy atom. The van der Waals surface area contributed by atoms with Crippen LogP contribution in [0.1, 0.15) is 28.6 Å². The summed E-state index contributed by atoms with van der Waals surface area (Å²) in [5, 5.41) is 11.7. The number of hydrogen-bond donors (Lipinski definition) is 2. The van der Waals surface area contributed by atoms with E-state index in [-0.39, 0.29) is 17.9 Å². The summed E-state index contributed by atoms with van der Waals surface area (Å²) in [6.45, 7) is 0.902. The summed E-state index contributed by atoms with van der Waals surface area (Å²) in [6, 6.07) is 11.1. The molecule has 1 unspecified atom stereocenters. The topological polar surface area (TPSA) is 118 Å². The summed E-state index contributed by atoms with van der Waals surface area (Å²) < 4.78 is 24.2.